The van der Waals surface area contributed by atoms with Crippen LogP contribution in [-0.4, -0.2) is 52.4 Å². The monoisotopic (exact) mass is 426 g/mol. The van der Waals surface area contributed by atoms with Gasteiger partial charge in [-0.25, -0.2) is 4.39 Å². The second kappa shape index (κ2) is 7.89. The van der Waals surface area contributed by atoms with Crippen LogP contribution in [-0.2, 0) is 11.2 Å². The maximum atomic E-state index is 13.1. The molecular weight excluding hydrogens is 399 g/mol. The van der Waals surface area contributed by atoms with Gasteiger partial charge in [-0.05, 0) is 54.3 Å². The molecule has 2 fully saturated rings. The number of fused-ring (bicyclic) bond motifs is 2. The standard InChI is InChI=1S/C24H27FN2O4/c25-18-3-5-19(6-4-18)31-20-10-17-12-27(14-24(17,30)11-20)13-22(28)16-1-7-21-15(9-16)2-8-23(29)26-21/h1,3-7,9,17,20,22,28,30H,2,8,10-14H2,(H,26,29)/t17-,20+,22-,24-/m1/s1. The van der Waals surface area contributed by atoms with E-state index in [1.165, 1.54) is 12.1 Å². The van der Waals surface area contributed by atoms with Gasteiger partial charge in [0, 0.05) is 44.1 Å². The van der Waals surface area contributed by atoms with E-state index in [-0.39, 0.29) is 23.7 Å². The number of ether oxygens (including phenoxy) is 1. The first-order valence-electron chi connectivity index (χ1n) is 10.9. The van der Waals surface area contributed by atoms with Gasteiger partial charge in [0.05, 0.1) is 11.7 Å². The molecule has 3 aliphatic rings. The number of aliphatic hydroxyl groups is 2. The maximum Gasteiger partial charge on any atom is 0.224 e. The molecule has 6 nitrogen and oxygen atoms in total. The van der Waals surface area contributed by atoms with Crippen molar-refractivity contribution in [3.05, 3.63) is 59.4 Å². The van der Waals surface area contributed by atoms with E-state index >= 15 is 0 Å². The largest absolute Gasteiger partial charge is 0.490 e. The van der Waals surface area contributed by atoms with Crippen LogP contribution in [0.15, 0.2) is 42.5 Å². The molecule has 0 spiro atoms. The Morgan fingerprint density at radius 3 is 2.81 bits per heavy atom. The van der Waals surface area contributed by atoms with Gasteiger partial charge in [-0.2, -0.15) is 0 Å². The van der Waals surface area contributed by atoms with E-state index in [1.54, 1.807) is 12.1 Å². The average molecular weight is 426 g/mol. The van der Waals surface area contributed by atoms with Crippen LogP contribution in [0.5, 0.6) is 5.75 Å². The van der Waals surface area contributed by atoms with Crippen molar-refractivity contribution in [2.45, 2.75) is 43.5 Å². The van der Waals surface area contributed by atoms with Gasteiger partial charge in [0.15, 0.2) is 0 Å². The molecule has 2 aromatic rings. The van der Waals surface area contributed by atoms with Crippen molar-refractivity contribution in [1.82, 2.24) is 4.90 Å². The molecule has 1 aliphatic carbocycles. The minimum Gasteiger partial charge on any atom is -0.490 e. The summed E-state index contributed by atoms with van der Waals surface area (Å²) < 4.78 is 19.0. The Morgan fingerprint density at radius 2 is 2.03 bits per heavy atom. The minimum atomic E-state index is -0.829. The highest BCUT2D eigenvalue weighted by molar-refractivity contribution is 5.93. The second-order valence-electron chi connectivity index (χ2n) is 9.11. The summed E-state index contributed by atoms with van der Waals surface area (Å²) in [5, 5.41) is 24.8. The predicted molar refractivity (Wildman–Crippen MR) is 113 cm³/mol. The number of halogens is 1. The summed E-state index contributed by atoms with van der Waals surface area (Å²) >= 11 is 0. The molecular formula is C24H27FN2O4. The number of carbonyl (C=O) groups is 1. The Labute approximate surface area is 180 Å². The fourth-order valence-corrected chi connectivity index (χ4v) is 5.28. The number of anilines is 1. The number of hydrogen-bond acceptors (Lipinski definition) is 5. The fraction of sp³-hybridized carbons (Fsp3) is 0.458. The lowest BCUT2D eigenvalue weighted by atomic mass is 9.95. The first-order chi connectivity index (χ1) is 14.9. The molecule has 5 rings (SSSR count). The van der Waals surface area contributed by atoms with Crippen molar-refractivity contribution in [3.8, 4) is 5.75 Å². The molecule has 0 aromatic heterocycles. The summed E-state index contributed by atoms with van der Waals surface area (Å²) in [6.07, 6.45) is 1.66. The Morgan fingerprint density at radius 1 is 1.23 bits per heavy atom. The molecule has 1 saturated carbocycles. The summed E-state index contributed by atoms with van der Waals surface area (Å²) in [6, 6.07) is 11.6. The second-order valence-corrected chi connectivity index (χ2v) is 9.11. The molecule has 0 unspecified atom stereocenters. The van der Waals surface area contributed by atoms with Crippen LogP contribution in [0.2, 0.25) is 0 Å². The summed E-state index contributed by atoms with van der Waals surface area (Å²) in [7, 11) is 0. The van der Waals surface area contributed by atoms with Crippen molar-refractivity contribution >= 4 is 11.6 Å². The number of carbonyl (C=O) groups excluding carboxylic acids is 1. The Bertz CT molecular complexity index is 982. The number of aryl methyl sites for hydroxylation is 1. The molecule has 1 amide bonds. The van der Waals surface area contributed by atoms with Gasteiger partial charge in [0.1, 0.15) is 17.7 Å². The van der Waals surface area contributed by atoms with Gasteiger partial charge in [0.25, 0.3) is 0 Å². The quantitative estimate of drug-likeness (QED) is 0.685. The van der Waals surface area contributed by atoms with Gasteiger partial charge in [-0.3, -0.25) is 9.69 Å². The fourth-order valence-electron chi connectivity index (χ4n) is 5.28. The molecule has 3 N–H and O–H groups in total. The molecule has 2 aromatic carbocycles. The zero-order valence-electron chi connectivity index (χ0n) is 17.3. The van der Waals surface area contributed by atoms with E-state index in [1.807, 2.05) is 18.2 Å². The third-order valence-corrected chi connectivity index (χ3v) is 6.82. The number of nitrogens with zero attached hydrogens (tertiary/aromatic N) is 1. The van der Waals surface area contributed by atoms with Crippen LogP contribution >= 0.6 is 0 Å². The third kappa shape index (κ3) is 4.18. The highest BCUT2D eigenvalue weighted by atomic mass is 19.1. The van der Waals surface area contributed by atoms with E-state index in [0.29, 0.717) is 44.6 Å². The van der Waals surface area contributed by atoms with Crippen molar-refractivity contribution in [3.63, 3.8) is 0 Å². The molecule has 31 heavy (non-hydrogen) atoms. The highest BCUT2D eigenvalue weighted by Crippen LogP contribution is 2.43. The first kappa shape index (κ1) is 20.4. The van der Waals surface area contributed by atoms with Crippen LogP contribution in [0, 0.1) is 11.7 Å². The zero-order chi connectivity index (χ0) is 21.6. The van der Waals surface area contributed by atoms with Crippen LogP contribution < -0.4 is 10.1 Å². The SMILES string of the molecule is O=C1CCc2cc([C@H](O)CN3C[C@H]4C[C@H](Oc5ccc(F)cc5)C[C@@]4(O)C3)ccc2N1. The van der Waals surface area contributed by atoms with Crippen molar-refractivity contribution in [2.24, 2.45) is 5.92 Å². The normalized spacial score (nSPS) is 28.7. The average Bonchev–Trinajstić information content (AvgIpc) is 3.19. The van der Waals surface area contributed by atoms with Gasteiger partial charge in [-0.1, -0.05) is 12.1 Å². The number of amides is 1. The molecule has 7 heteroatoms. The van der Waals surface area contributed by atoms with E-state index in [0.717, 1.165) is 23.2 Å². The zero-order valence-corrected chi connectivity index (χ0v) is 17.3. The van der Waals surface area contributed by atoms with E-state index in [4.69, 9.17) is 4.74 Å². The molecule has 2 aliphatic heterocycles. The summed E-state index contributed by atoms with van der Waals surface area (Å²) in [5.74, 6) is 0.432. The number of hydrogen-bond donors (Lipinski definition) is 3. The minimum absolute atomic E-state index is 0.0272. The molecule has 2 heterocycles. The smallest absolute Gasteiger partial charge is 0.224 e. The van der Waals surface area contributed by atoms with Crippen LogP contribution in [0.3, 0.4) is 0 Å². The molecule has 1 saturated heterocycles. The predicted octanol–water partition coefficient (Wildman–Crippen LogP) is 2.65. The Kier molecular flexibility index (Phi) is 5.20. The van der Waals surface area contributed by atoms with Crippen molar-refractivity contribution < 1.29 is 24.1 Å². The number of aliphatic hydroxyl groups excluding tert-OH is 1. The molecule has 0 bridgehead atoms. The van der Waals surface area contributed by atoms with Crippen LogP contribution in [0.25, 0.3) is 0 Å². The van der Waals surface area contributed by atoms with E-state index < -0.39 is 11.7 Å². The summed E-state index contributed by atoms with van der Waals surface area (Å²) in [5.41, 5.74) is 1.87. The van der Waals surface area contributed by atoms with Crippen molar-refractivity contribution in [1.29, 1.82) is 0 Å². The van der Waals surface area contributed by atoms with Gasteiger partial charge in [0.2, 0.25) is 5.91 Å². The lowest BCUT2D eigenvalue weighted by molar-refractivity contribution is -0.116. The number of benzene rings is 2. The number of likely N-dealkylation sites (tertiary alicyclic amines) is 1. The van der Waals surface area contributed by atoms with Crippen LogP contribution in [0.4, 0.5) is 10.1 Å². The Balaban J connectivity index is 1.18. The molecule has 0 radical (unpaired) electrons. The Hall–Kier alpha value is -2.48. The highest BCUT2D eigenvalue weighted by Gasteiger charge is 2.52. The van der Waals surface area contributed by atoms with E-state index in [2.05, 4.69) is 10.2 Å². The lowest BCUT2D eigenvalue weighted by Crippen LogP contribution is -2.36. The van der Waals surface area contributed by atoms with Gasteiger partial charge >= 0.3 is 0 Å². The number of β-amino-alcohol motifs (C(OH)–C–C–N with tert-alkyl or cyclic N) is 2. The maximum absolute atomic E-state index is 13.1. The number of nitrogens with one attached hydrogen (secondary N) is 1. The van der Waals surface area contributed by atoms with Crippen LogP contribution in [0.1, 0.15) is 36.5 Å². The first-order valence-corrected chi connectivity index (χ1v) is 10.9. The molecule has 164 valence electrons. The van der Waals surface area contributed by atoms with Crippen molar-refractivity contribution in [2.75, 3.05) is 25.0 Å². The summed E-state index contributed by atoms with van der Waals surface area (Å²) in [4.78, 5) is 13.6. The topological polar surface area (TPSA) is 82.0 Å². The van der Waals surface area contributed by atoms with E-state index in [9.17, 15) is 19.4 Å². The van der Waals surface area contributed by atoms with Gasteiger partial charge in [-0.15, -0.1) is 0 Å². The summed E-state index contributed by atoms with van der Waals surface area (Å²) in [6.45, 7) is 1.66. The third-order valence-electron chi connectivity index (χ3n) is 6.82. The number of rotatable bonds is 5. The van der Waals surface area contributed by atoms with Gasteiger partial charge < -0.3 is 20.3 Å². The molecule has 4 atom stereocenters. The lowest BCUT2D eigenvalue weighted by Gasteiger charge is -2.25.